The predicted octanol–water partition coefficient (Wildman–Crippen LogP) is 4.49. The molecule has 0 bridgehead atoms. The molecule has 0 aliphatic heterocycles. The van der Waals surface area contributed by atoms with Gasteiger partial charge in [0.1, 0.15) is 18.2 Å². The first kappa shape index (κ1) is 20.1. The molecule has 3 rings (SSSR count). The normalized spacial score (nSPS) is 11.0. The van der Waals surface area contributed by atoms with Crippen molar-refractivity contribution in [3.63, 3.8) is 0 Å². The summed E-state index contributed by atoms with van der Waals surface area (Å²) in [4.78, 5) is 10.9. The van der Waals surface area contributed by atoms with E-state index in [9.17, 15) is 19.6 Å². The van der Waals surface area contributed by atoms with E-state index in [1.54, 1.807) is 36.4 Å². The van der Waals surface area contributed by atoms with Crippen LogP contribution in [0, 0.1) is 17.1 Å². The largest absolute Gasteiger partial charge is 0.545 e. The van der Waals surface area contributed by atoms with E-state index < -0.39 is 5.97 Å². The van der Waals surface area contributed by atoms with E-state index in [2.05, 4.69) is 6.07 Å². The van der Waals surface area contributed by atoms with E-state index in [0.29, 0.717) is 33.0 Å². The Bertz CT molecular complexity index is 1120. The highest BCUT2D eigenvalue weighted by Crippen LogP contribution is 2.28. The summed E-state index contributed by atoms with van der Waals surface area (Å²) >= 11 is 6.28. The minimum atomic E-state index is -1.25. The number of nitriles is 1. The molecule has 6 heteroatoms. The minimum Gasteiger partial charge on any atom is -0.545 e. The molecule has 144 valence electrons. The smallest absolute Gasteiger partial charge is 0.138 e. The standard InChI is InChI=1S/C23H15ClFNO3/c24-21-12-15(10-19(13-26)17-5-7-20(25)8-6-17)4-9-22(21)29-14-16-2-1-3-18(11-16)23(27)28/h1-12H,14H2,(H,27,28)/p-1/b19-10+. The number of carbonyl (C=O) groups excluding carboxylic acids is 1. The fourth-order valence-electron chi connectivity index (χ4n) is 2.65. The van der Waals surface area contributed by atoms with Gasteiger partial charge in [-0.15, -0.1) is 0 Å². The summed E-state index contributed by atoms with van der Waals surface area (Å²) in [5, 5.41) is 20.7. The van der Waals surface area contributed by atoms with Crippen LogP contribution in [-0.4, -0.2) is 5.97 Å². The monoisotopic (exact) mass is 406 g/mol. The Kier molecular flexibility index (Phi) is 6.28. The lowest BCUT2D eigenvalue weighted by Crippen LogP contribution is -2.22. The number of hydrogen-bond acceptors (Lipinski definition) is 4. The molecular formula is C23H14ClFNO3-. The van der Waals surface area contributed by atoms with Crippen LogP contribution in [0.5, 0.6) is 5.75 Å². The van der Waals surface area contributed by atoms with Gasteiger partial charge in [-0.2, -0.15) is 5.26 Å². The molecule has 29 heavy (non-hydrogen) atoms. The lowest BCUT2D eigenvalue weighted by Gasteiger charge is -2.10. The van der Waals surface area contributed by atoms with E-state index in [1.165, 1.54) is 36.4 Å². The molecule has 0 aliphatic rings. The van der Waals surface area contributed by atoms with E-state index in [0.717, 1.165) is 0 Å². The van der Waals surface area contributed by atoms with Crippen molar-refractivity contribution in [3.8, 4) is 11.8 Å². The number of carboxylic acid groups (broad SMARTS) is 1. The summed E-state index contributed by atoms with van der Waals surface area (Å²) in [6, 6.07) is 19.1. The highest BCUT2D eigenvalue weighted by Gasteiger charge is 2.06. The zero-order chi connectivity index (χ0) is 20.8. The maximum Gasteiger partial charge on any atom is 0.138 e. The fourth-order valence-corrected chi connectivity index (χ4v) is 2.89. The van der Waals surface area contributed by atoms with Gasteiger partial charge in [0.05, 0.1) is 22.6 Å². The van der Waals surface area contributed by atoms with Crippen molar-refractivity contribution in [2.45, 2.75) is 6.61 Å². The molecule has 3 aromatic carbocycles. The molecule has 0 fully saturated rings. The predicted molar refractivity (Wildman–Crippen MR) is 106 cm³/mol. The average Bonchev–Trinajstić information content (AvgIpc) is 2.72. The second-order valence-electron chi connectivity index (χ2n) is 6.14. The number of benzene rings is 3. The first-order valence-electron chi connectivity index (χ1n) is 8.56. The lowest BCUT2D eigenvalue weighted by molar-refractivity contribution is -0.255. The zero-order valence-corrected chi connectivity index (χ0v) is 15.8. The van der Waals surface area contributed by atoms with Crippen LogP contribution in [-0.2, 0) is 6.61 Å². The van der Waals surface area contributed by atoms with Gasteiger partial charge in [-0.1, -0.05) is 48.0 Å². The molecule has 3 aromatic rings. The molecule has 0 saturated heterocycles. The number of carboxylic acids is 1. The second-order valence-corrected chi connectivity index (χ2v) is 6.55. The van der Waals surface area contributed by atoms with Gasteiger partial charge < -0.3 is 14.6 Å². The topological polar surface area (TPSA) is 73.1 Å². The van der Waals surface area contributed by atoms with E-state index in [4.69, 9.17) is 16.3 Å². The van der Waals surface area contributed by atoms with Gasteiger partial charge >= 0.3 is 0 Å². The van der Waals surface area contributed by atoms with Gasteiger partial charge in [0.15, 0.2) is 0 Å². The Morgan fingerprint density at radius 3 is 2.52 bits per heavy atom. The highest BCUT2D eigenvalue weighted by atomic mass is 35.5. The maximum atomic E-state index is 13.1. The molecule has 0 saturated carbocycles. The summed E-state index contributed by atoms with van der Waals surface area (Å²) in [7, 11) is 0. The summed E-state index contributed by atoms with van der Waals surface area (Å²) < 4.78 is 18.7. The fraction of sp³-hybridized carbons (Fsp3) is 0.0435. The van der Waals surface area contributed by atoms with Crippen LogP contribution in [0.15, 0.2) is 66.7 Å². The van der Waals surface area contributed by atoms with E-state index >= 15 is 0 Å². The van der Waals surface area contributed by atoms with Crippen LogP contribution in [0.4, 0.5) is 4.39 Å². The van der Waals surface area contributed by atoms with E-state index in [1.807, 2.05) is 0 Å². The Balaban J connectivity index is 1.76. The molecule has 0 radical (unpaired) electrons. The molecule has 0 amide bonds. The molecule has 0 heterocycles. The summed E-state index contributed by atoms with van der Waals surface area (Å²) in [5.74, 6) is -1.21. The van der Waals surface area contributed by atoms with Crippen LogP contribution < -0.4 is 9.84 Å². The van der Waals surface area contributed by atoms with Crippen LogP contribution in [0.1, 0.15) is 27.0 Å². The first-order valence-corrected chi connectivity index (χ1v) is 8.94. The number of allylic oxidation sites excluding steroid dienone is 1. The molecule has 0 unspecified atom stereocenters. The van der Waals surface area contributed by atoms with Gasteiger partial charge in [0.25, 0.3) is 0 Å². The summed E-state index contributed by atoms with van der Waals surface area (Å²) in [6.45, 7) is 0.134. The van der Waals surface area contributed by atoms with Gasteiger partial charge in [-0.3, -0.25) is 0 Å². The lowest BCUT2D eigenvalue weighted by atomic mass is 10.0. The quantitative estimate of drug-likeness (QED) is 0.446. The molecule has 0 N–H and O–H groups in total. The van der Waals surface area contributed by atoms with Crippen LogP contribution in [0.2, 0.25) is 5.02 Å². The number of aromatic carboxylic acids is 1. The molecule has 0 aliphatic carbocycles. The van der Waals surface area contributed by atoms with Crippen molar-refractivity contribution in [2.24, 2.45) is 0 Å². The van der Waals surface area contributed by atoms with Crippen LogP contribution in [0.25, 0.3) is 11.6 Å². The molecule has 0 aromatic heterocycles. The Hall–Kier alpha value is -3.62. The van der Waals surface area contributed by atoms with Crippen molar-refractivity contribution in [1.82, 2.24) is 0 Å². The van der Waals surface area contributed by atoms with Gasteiger partial charge in [-0.05, 0) is 58.7 Å². The molecule has 0 spiro atoms. The third-order valence-electron chi connectivity index (χ3n) is 4.10. The number of carbonyl (C=O) groups is 1. The number of ether oxygens (including phenoxy) is 1. The van der Waals surface area contributed by atoms with Crippen molar-refractivity contribution in [3.05, 3.63) is 99.8 Å². The van der Waals surface area contributed by atoms with Crippen molar-refractivity contribution in [2.75, 3.05) is 0 Å². The van der Waals surface area contributed by atoms with Gasteiger partial charge in [0, 0.05) is 0 Å². The number of halogens is 2. The second kappa shape index (κ2) is 9.05. The highest BCUT2D eigenvalue weighted by molar-refractivity contribution is 6.32. The van der Waals surface area contributed by atoms with Crippen molar-refractivity contribution >= 4 is 29.2 Å². The van der Waals surface area contributed by atoms with E-state index in [-0.39, 0.29) is 18.0 Å². The third kappa shape index (κ3) is 5.22. The van der Waals surface area contributed by atoms with Crippen LogP contribution in [0.3, 0.4) is 0 Å². The average molecular weight is 407 g/mol. The van der Waals surface area contributed by atoms with Gasteiger partial charge in [0.2, 0.25) is 0 Å². The first-order chi connectivity index (χ1) is 14.0. The number of nitrogens with zero attached hydrogens (tertiary/aromatic N) is 1. The van der Waals surface area contributed by atoms with Crippen molar-refractivity contribution in [1.29, 1.82) is 5.26 Å². The third-order valence-corrected chi connectivity index (χ3v) is 4.40. The maximum absolute atomic E-state index is 13.1. The van der Waals surface area contributed by atoms with Crippen LogP contribution >= 0.6 is 11.6 Å². The Morgan fingerprint density at radius 1 is 1.10 bits per heavy atom. The molecule has 4 nitrogen and oxygen atoms in total. The molecule has 0 atom stereocenters. The zero-order valence-electron chi connectivity index (χ0n) is 15.1. The van der Waals surface area contributed by atoms with Gasteiger partial charge in [-0.25, -0.2) is 4.39 Å². The number of rotatable bonds is 6. The SMILES string of the molecule is N#C/C(=C\c1ccc(OCc2cccc(C(=O)[O-])c2)c(Cl)c1)c1ccc(F)cc1. The summed E-state index contributed by atoms with van der Waals surface area (Å²) in [6.07, 6.45) is 1.65. The number of hydrogen-bond donors (Lipinski definition) is 0. The minimum absolute atomic E-state index is 0.0718. The Labute approximate surface area is 172 Å². The summed E-state index contributed by atoms with van der Waals surface area (Å²) in [5.41, 5.74) is 2.38. The Morgan fingerprint density at radius 2 is 1.86 bits per heavy atom. The molecular weight excluding hydrogens is 393 g/mol. The van der Waals surface area contributed by atoms with Crippen molar-refractivity contribution < 1.29 is 19.0 Å².